The Hall–Kier alpha value is -0.880. The van der Waals surface area contributed by atoms with Gasteiger partial charge in [0.05, 0.1) is 23.8 Å². The van der Waals surface area contributed by atoms with E-state index < -0.39 is 0 Å². The topological polar surface area (TPSA) is 58.2 Å². The molecule has 2 rings (SSSR count). The van der Waals surface area contributed by atoms with Crippen molar-refractivity contribution in [2.45, 2.75) is 6.42 Å². The van der Waals surface area contributed by atoms with Crippen molar-refractivity contribution in [3.05, 3.63) is 16.4 Å². The molecule has 1 aliphatic heterocycles. The number of hydroxylamine groups is 2. The largest absolute Gasteiger partial charge is 0.296 e. The van der Waals surface area contributed by atoms with Crippen LogP contribution in [0, 0.1) is 0 Å². The number of nitrogens with zero attached hydrogens (tertiary/aromatic N) is 2. The fourth-order valence-corrected chi connectivity index (χ4v) is 1.51. The molecule has 1 aromatic heterocycles. The molecular formula is C7H8BrN3O2. The number of carbonyl (C=O) groups is 1. The number of rotatable bonds is 1. The summed E-state index contributed by atoms with van der Waals surface area (Å²) in [6, 6.07) is 0. The van der Waals surface area contributed by atoms with Crippen LogP contribution < -0.4 is 0 Å². The van der Waals surface area contributed by atoms with Crippen LogP contribution in [0.2, 0.25) is 0 Å². The second kappa shape index (κ2) is 3.47. The van der Waals surface area contributed by atoms with E-state index in [1.54, 1.807) is 6.20 Å². The number of aromatic nitrogens is 2. The van der Waals surface area contributed by atoms with E-state index in [4.69, 9.17) is 4.84 Å². The number of H-pyrrole nitrogens is 1. The highest BCUT2D eigenvalue weighted by atomic mass is 79.9. The van der Waals surface area contributed by atoms with E-state index in [0.717, 1.165) is 6.42 Å². The van der Waals surface area contributed by atoms with Gasteiger partial charge in [-0.15, -0.1) is 0 Å². The highest BCUT2D eigenvalue weighted by molar-refractivity contribution is 9.10. The number of aromatic amines is 1. The minimum Gasteiger partial charge on any atom is -0.272 e. The van der Waals surface area contributed by atoms with Crippen LogP contribution in [0.5, 0.6) is 0 Å². The Labute approximate surface area is 83.1 Å². The first-order chi connectivity index (χ1) is 6.29. The van der Waals surface area contributed by atoms with Crippen LogP contribution >= 0.6 is 15.9 Å². The second-order valence-electron chi connectivity index (χ2n) is 2.69. The van der Waals surface area contributed by atoms with E-state index in [9.17, 15) is 4.79 Å². The van der Waals surface area contributed by atoms with Crippen LogP contribution in [0.3, 0.4) is 0 Å². The van der Waals surface area contributed by atoms with Crippen molar-refractivity contribution >= 4 is 21.8 Å². The minimum atomic E-state index is -0.179. The molecule has 1 fully saturated rings. The lowest BCUT2D eigenvalue weighted by molar-refractivity contribution is -0.0772. The van der Waals surface area contributed by atoms with Crippen molar-refractivity contribution in [3.8, 4) is 0 Å². The summed E-state index contributed by atoms with van der Waals surface area (Å²) in [7, 11) is 0. The van der Waals surface area contributed by atoms with Gasteiger partial charge in [0.2, 0.25) is 0 Å². The lowest BCUT2D eigenvalue weighted by Crippen LogP contribution is -2.27. The molecule has 1 aromatic rings. The monoisotopic (exact) mass is 245 g/mol. The van der Waals surface area contributed by atoms with Crippen molar-refractivity contribution in [2.24, 2.45) is 0 Å². The lowest BCUT2D eigenvalue weighted by atomic mass is 10.4. The third kappa shape index (κ3) is 1.59. The number of halogens is 1. The molecule has 0 unspecified atom stereocenters. The van der Waals surface area contributed by atoms with Crippen LogP contribution in [-0.2, 0) is 4.84 Å². The highest BCUT2D eigenvalue weighted by Gasteiger charge is 2.23. The predicted octanol–water partition coefficient (Wildman–Crippen LogP) is 0.950. The SMILES string of the molecule is O=C(c1[nH]ncc1Br)N1CCCO1. The summed E-state index contributed by atoms with van der Waals surface area (Å²) in [5.41, 5.74) is 0.432. The van der Waals surface area contributed by atoms with Gasteiger partial charge in [-0.2, -0.15) is 5.10 Å². The molecule has 0 spiro atoms. The third-order valence-corrected chi connectivity index (χ3v) is 2.39. The summed E-state index contributed by atoms with van der Waals surface area (Å²) in [4.78, 5) is 16.7. The molecule has 13 heavy (non-hydrogen) atoms. The van der Waals surface area contributed by atoms with Gasteiger partial charge >= 0.3 is 0 Å². The maximum Gasteiger partial charge on any atom is 0.296 e. The normalized spacial score (nSPS) is 16.5. The zero-order valence-electron chi connectivity index (χ0n) is 6.79. The van der Waals surface area contributed by atoms with Gasteiger partial charge in [0.25, 0.3) is 5.91 Å². The van der Waals surface area contributed by atoms with E-state index in [1.807, 2.05) is 0 Å². The Morgan fingerprint density at radius 2 is 2.62 bits per heavy atom. The summed E-state index contributed by atoms with van der Waals surface area (Å²) in [6.45, 7) is 1.25. The summed E-state index contributed by atoms with van der Waals surface area (Å²) < 4.78 is 0.660. The Bertz CT molecular complexity index is 319. The average molecular weight is 246 g/mol. The summed E-state index contributed by atoms with van der Waals surface area (Å²) >= 11 is 3.22. The highest BCUT2D eigenvalue weighted by Crippen LogP contribution is 2.17. The van der Waals surface area contributed by atoms with Crippen molar-refractivity contribution in [1.29, 1.82) is 0 Å². The molecule has 6 heteroatoms. The summed E-state index contributed by atoms with van der Waals surface area (Å²) in [6.07, 6.45) is 2.43. The van der Waals surface area contributed by atoms with E-state index in [0.29, 0.717) is 23.3 Å². The molecular weight excluding hydrogens is 238 g/mol. The molecule has 0 bridgehead atoms. The molecule has 0 aliphatic carbocycles. The van der Waals surface area contributed by atoms with E-state index in [1.165, 1.54) is 5.06 Å². The molecule has 0 radical (unpaired) electrons. The van der Waals surface area contributed by atoms with Crippen molar-refractivity contribution in [1.82, 2.24) is 15.3 Å². The van der Waals surface area contributed by atoms with Gasteiger partial charge in [-0.25, -0.2) is 5.06 Å². The van der Waals surface area contributed by atoms with Crippen LogP contribution in [-0.4, -0.2) is 34.3 Å². The molecule has 1 aliphatic rings. The van der Waals surface area contributed by atoms with E-state index in [-0.39, 0.29) is 5.91 Å². The van der Waals surface area contributed by atoms with Gasteiger partial charge in [-0.3, -0.25) is 14.7 Å². The van der Waals surface area contributed by atoms with E-state index in [2.05, 4.69) is 26.1 Å². The number of carbonyl (C=O) groups excluding carboxylic acids is 1. The van der Waals surface area contributed by atoms with Gasteiger partial charge in [0, 0.05) is 0 Å². The fourth-order valence-electron chi connectivity index (χ4n) is 1.15. The molecule has 0 aromatic carbocycles. The molecule has 2 heterocycles. The van der Waals surface area contributed by atoms with Gasteiger partial charge in [-0.05, 0) is 22.4 Å². The van der Waals surface area contributed by atoms with Crippen LogP contribution in [0.15, 0.2) is 10.7 Å². The van der Waals surface area contributed by atoms with Crippen LogP contribution in [0.1, 0.15) is 16.9 Å². The quantitative estimate of drug-likeness (QED) is 0.802. The first kappa shape index (κ1) is 8.71. The van der Waals surface area contributed by atoms with Crippen LogP contribution in [0.25, 0.3) is 0 Å². The first-order valence-electron chi connectivity index (χ1n) is 3.92. The Balaban J connectivity index is 2.17. The zero-order valence-corrected chi connectivity index (χ0v) is 8.37. The smallest absolute Gasteiger partial charge is 0.272 e. The average Bonchev–Trinajstić information content (AvgIpc) is 2.72. The minimum absolute atomic E-state index is 0.179. The van der Waals surface area contributed by atoms with Crippen molar-refractivity contribution in [3.63, 3.8) is 0 Å². The number of hydrogen-bond acceptors (Lipinski definition) is 3. The molecule has 1 amide bonds. The standard InChI is InChI=1S/C7H8BrN3O2/c8-5-4-9-10-6(5)7(12)11-2-1-3-13-11/h4H,1-3H2,(H,9,10). The number of hydrogen-bond donors (Lipinski definition) is 1. The van der Waals surface area contributed by atoms with Gasteiger partial charge < -0.3 is 0 Å². The predicted molar refractivity (Wildman–Crippen MR) is 47.9 cm³/mol. The Morgan fingerprint density at radius 3 is 3.15 bits per heavy atom. The summed E-state index contributed by atoms with van der Waals surface area (Å²) in [5.74, 6) is -0.179. The lowest BCUT2D eigenvalue weighted by Gasteiger charge is -2.12. The Kier molecular flexibility index (Phi) is 2.32. The summed E-state index contributed by atoms with van der Waals surface area (Å²) in [5, 5.41) is 7.70. The van der Waals surface area contributed by atoms with Crippen LogP contribution in [0.4, 0.5) is 0 Å². The number of nitrogens with one attached hydrogen (secondary N) is 1. The van der Waals surface area contributed by atoms with E-state index >= 15 is 0 Å². The molecule has 0 atom stereocenters. The van der Waals surface area contributed by atoms with Gasteiger partial charge in [-0.1, -0.05) is 0 Å². The molecule has 70 valence electrons. The number of amides is 1. The fraction of sp³-hybridized carbons (Fsp3) is 0.429. The molecule has 5 nitrogen and oxygen atoms in total. The third-order valence-electron chi connectivity index (χ3n) is 1.79. The molecule has 0 saturated carbocycles. The second-order valence-corrected chi connectivity index (χ2v) is 3.54. The maximum absolute atomic E-state index is 11.6. The zero-order chi connectivity index (χ0) is 9.26. The first-order valence-corrected chi connectivity index (χ1v) is 4.72. The molecule has 1 N–H and O–H groups in total. The van der Waals surface area contributed by atoms with Gasteiger partial charge in [0.1, 0.15) is 5.69 Å². The maximum atomic E-state index is 11.6. The van der Waals surface area contributed by atoms with Crippen molar-refractivity contribution < 1.29 is 9.63 Å². The van der Waals surface area contributed by atoms with Crippen molar-refractivity contribution in [2.75, 3.05) is 13.2 Å². The Morgan fingerprint density at radius 1 is 1.77 bits per heavy atom. The van der Waals surface area contributed by atoms with Gasteiger partial charge in [0.15, 0.2) is 0 Å². The molecule has 1 saturated heterocycles.